The van der Waals surface area contributed by atoms with Crippen molar-refractivity contribution in [2.45, 2.75) is 26.7 Å². The van der Waals surface area contributed by atoms with Crippen molar-refractivity contribution in [2.24, 2.45) is 0 Å². The molecule has 2 N–H and O–H groups in total. The van der Waals surface area contributed by atoms with E-state index in [-0.39, 0.29) is 17.9 Å². The van der Waals surface area contributed by atoms with E-state index in [2.05, 4.69) is 40.9 Å². The molecule has 8 nitrogen and oxygen atoms in total. The van der Waals surface area contributed by atoms with E-state index in [1.165, 1.54) is 0 Å². The number of aromatic nitrogens is 2. The summed E-state index contributed by atoms with van der Waals surface area (Å²) in [6, 6.07) is 8.69. The summed E-state index contributed by atoms with van der Waals surface area (Å²) >= 11 is 0. The Labute approximate surface area is 183 Å². The molecule has 3 amide bonds. The van der Waals surface area contributed by atoms with E-state index < -0.39 is 0 Å². The lowest BCUT2D eigenvalue weighted by Gasteiger charge is -2.35. The predicted octanol–water partition coefficient (Wildman–Crippen LogP) is 3.18. The van der Waals surface area contributed by atoms with Gasteiger partial charge in [0.25, 0.3) is 5.91 Å². The summed E-state index contributed by atoms with van der Waals surface area (Å²) in [5, 5.41) is 5.63. The first-order chi connectivity index (χ1) is 14.9. The van der Waals surface area contributed by atoms with Crippen LogP contribution in [-0.2, 0) is 0 Å². The molecule has 0 radical (unpaired) electrons. The SMILES string of the molecule is C=CCNC(=O)c1ccc(NC(=O)N2CCN(c3cc(C)nc(C(C)C)n3)CC2)cc1. The average molecular weight is 423 g/mol. The Kier molecular flexibility index (Phi) is 7.23. The maximum Gasteiger partial charge on any atom is 0.321 e. The standard InChI is InChI=1S/C23H30N6O2/c1-5-10-24-22(30)18-6-8-19(9-7-18)26-23(31)29-13-11-28(12-14-29)20-15-17(4)25-21(27-20)16(2)3/h5-9,15-16H,1,10-14H2,2-4H3,(H,24,30)(H,26,31). The van der Waals surface area contributed by atoms with Gasteiger partial charge in [-0.15, -0.1) is 6.58 Å². The molecule has 1 fully saturated rings. The van der Waals surface area contributed by atoms with Crippen molar-refractivity contribution in [2.75, 3.05) is 42.9 Å². The zero-order valence-corrected chi connectivity index (χ0v) is 18.4. The van der Waals surface area contributed by atoms with Crippen LogP contribution in [0.15, 0.2) is 43.0 Å². The Hall–Kier alpha value is -3.42. The van der Waals surface area contributed by atoms with Crippen LogP contribution < -0.4 is 15.5 Å². The molecule has 0 atom stereocenters. The van der Waals surface area contributed by atoms with Crippen LogP contribution in [0.5, 0.6) is 0 Å². The minimum Gasteiger partial charge on any atom is -0.353 e. The number of anilines is 2. The summed E-state index contributed by atoms with van der Waals surface area (Å²) in [5.74, 6) is 1.86. The van der Waals surface area contributed by atoms with Gasteiger partial charge in [0.2, 0.25) is 0 Å². The fourth-order valence-electron chi connectivity index (χ4n) is 3.31. The number of nitrogens with one attached hydrogen (secondary N) is 2. The summed E-state index contributed by atoms with van der Waals surface area (Å²) in [7, 11) is 0. The van der Waals surface area contributed by atoms with E-state index >= 15 is 0 Å². The van der Waals surface area contributed by atoms with Gasteiger partial charge in [-0.2, -0.15) is 0 Å². The second-order valence-electron chi connectivity index (χ2n) is 7.86. The summed E-state index contributed by atoms with van der Waals surface area (Å²) in [6.45, 7) is 12.8. The highest BCUT2D eigenvalue weighted by Crippen LogP contribution is 2.19. The van der Waals surface area contributed by atoms with Crippen molar-refractivity contribution in [1.29, 1.82) is 0 Å². The Morgan fingerprint density at radius 3 is 2.42 bits per heavy atom. The third-order valence-electron chi connectivity index (χ3n) is 5.07. The summed E-state index contributed by atoms with van der Waals surface area (Å²) in [5.41, 5.74) is 2.14. The van der Waals surface area contributed by atoms with Gasteiger partial charge in [0, 0.05) is 61.7 Å². The number of hydrogen-bond acceptors (Lipinski definition) is 5. The van der Waals surface area contributed by atoms with Gasteiger partial charge in [-0.1, -0.05) is 19.9 Å². The molecule has 0 spiro atoms. The molecule has 0 saturated carbocycles. The van der Waals surface area contributed by atoms with Crippen molar-refractivity contribution in [3.05, 3.63) is 60.1 Å². The number of benzene rings is 1. The first kappa shape index (κ1) is 22.3. The van der Waals surface area contributed by atoms with E-state index in [4.69, 9.17) is 4.98 Å². The molecule has 0 bridgehead atoms. The van der Waals surface area contributed by atoms with Crippen LogP contribution in [0.25, 0.3) is 0 Å². The quantitative estimate of drug-likeness (QED) is 0.698. The van der Waals surface area contributed by atoms with Crippen LogP contribution in [0, 0.1) is 6.92 Å². The molecule has 1 aliphatic heterocycles. The van der Waals surface area contributed by atoms with Crippen LogP contribution in [-0.4, -0.2) is 59.5 Å². The van der Waals surface area contributed by atoms with Gasteiger partial charge in [0.05, 0.1) is 0 Å². The lowest BCUT2D eigenvalue weighted by Crippen LogP contribution is -2.50. The average Bonchev–Trinajstić information content (AvgIpc) is 2.77. The van der Waals surface area contributed by atoms with E-state index in [1.807, 2.05) is 13.0 Å². The molecule has 31 heavy (non-hydrogen) atoms. The lowest BCUT2D eigenvalue weighted by molar-refractivity contribution is 0.0958. The second-order valence-corrected chi connectivity index (χ2v) is 7.86. The minimum atomic E-state index is -0.172. The largest absolute Gasteiger partial charge is 0.353 e. The van der Waals surface area contributed by atoms with Crippen LogP contribution in [0.2, 0.25) is 0 Å². The molecule has 1 aromatic carbocycles. The Morgan fingerprint density at radius 1 is 1.13 bits per heavy atom. The molecular weight excluding hydrogens is 392 g/mol. The van der Waals surface area contributed by atoms with Crippen molar-refractivity contribution in [1.82, 2.24) is 20.2 Å². The Bertz CT molecular complexity index is 934. The molecule has 2 heterocycles. The van der Waals surface area contributed by atoms with Gasteiger partial charge in [-0.3, -0.25) is 4.79 Å². The summed E-state index contributed by atoms with van der Waals surface area (Å²) in [4.78, 5) is 37.8. The highest BCUT2D eigenvalue weighted by atomic mass is 16.2. The smallest absolute Gasteiger partial charge is 0.321 e. The fraction of sp³-hybridized carbons (Fsp3) is 0.391. The monoisotopic (exact) mass is 422 g/mol. The van der Waals surface area contributed by atoms with Gasteiger partial charge in [-0.25, -0.2) is 14.8 Å². The summed E-state index contributed by atoms with van der Waals surface area (Å²) < 4.78 is 0. The van der Waals surface area contributed by atoms with Gasteiger partial charge in [0.1, 0.15) is 11.6 Å². The maximum atomic E-state index is 12.6. The molecule has 1 aliphatic rings. The van der Waals surface area contributed by atoms with Crippen molar-refractivity contribution in [3.8, 4) is 0 Å². The van der Waals surface area contributed by atoms with Crippen molar-refractivity contribution in [3.63, 3.8) is 0 Å². The zero-order chi connectivity index (χ0) is 22.4. The highest BCUT2D eigenvalue weighted by molar-refractivity contribution is 5.95. The van der Waals surface area contributed by atoms with Crippen LogP contribution in [0.4, 0.5) is 16.3 Å². The van der Waals surface area contributed by atoms with Crippen molar-refractivity contribution < 1.29 is 9.59 Å². The van der Waals surface area contributed by atoms with Crippen molar-refractivity contribution >= 4 is 23.4 Å². The third-order valence-corrected chi connectivity index (χ3v) is 5.07. The van der Waals surface area contributed by atoms with Gasteiger partial charge in [0.15, 0.2) is 0 Å². The number of hydrogen-bond donors (Lipinski definition) is 2. The Balaban J connectivity index is 1.55. The predicted molar refractivity (Wildman–Crippen MR) is 123 cm³/mol. The van der Waals surface area contributed by atoms with Gasteiger partial charge >= 0.3 is 6.03 Å². The van der Waals surface area contributed by atoms with E-state index in [0.717, 1.165) is 17.3 Å². The number of aryl methyl sites for hydroxylation is 1. The number of piperazine rings is 1. The molecule has 1 saturated heterocycles. The van der Waals surface area contributed by atoms with E-state index in [0.29, 0.717) is 44.0 Å². The second kappa shape index (κ2) is 10.1. The molecule has 3 rings (SSSR count). The van der Waals surface area contributed by atoms with Gasteiger partial charge < -0.3 is 20.4 Å². The number of urea groups is 1. The molecule has 0 unspecified atom stereocenters. The number of nitrogens with zero attached hydrogens (tertiary/aromatic N) is 4. The molecule has 2 aromatic rings. The normalized spacial score (nSPS) is 13.8. The topological polar surface area (TPSA) is 90.5 Å². The first-order valence-corrected chi connectivity index (χ1v) is 10.5. The minimum absolute atomic E-state index is 0.148. The number of carbonyl (C=O) groups excluding carboxylic acids is 2. The zero-order valence-electron chi connectivity index (χ0n) is 18.4. The van der Waals surface area contributed by atoms with Crippen LogP contribution in [0.1, 0.15) is 41.6 Å². The molecule has 164 valence electrons. The third kappa shape index (κ3) is 5.81. The fourth-order valence-corrected chi connectivity index (χ4v) is 3.31. The molecular formula is C23H30N6O2. The molecule has 8 heteroatoms. The number of carbonyl (C=O) groups is 2. The number of amides is 3. The van der Waals surface area contributed by atoms with E-state index in [9.17, 15) is 9.59 Å². The first-order valence-electron chi connectivity index (χ1n) is 10.5. The van der Waals surface area contributed by atoms with E-state index in [1.54, 1.807) is 35.2 Å². The molecule has 0 aliphatic carbocycles. The maximum absolute atomic E-state index is 12.6. The number of rotatable bonds is 6. The molecule has 1 aromatic heterocycles. The lowest BCUT2D eigenvalue weighted by atomic mass is 10.2. The summed E-state index contributed by atoms with van der Waals surface area (Å²) in [6.07, 6.45) is 1.63. The Morgan fingerprint density at radius 2 is 1.81 bits per heavy atom. The van der Waals surface area contributed by atoms with Crippen LogP contribution in [0.3, 0.4) is 0 Å². The highest BCUT2D eigenvalue weighted by Gasteiger charge is 2.23. The van der Waals surface area contributed by atoms with Gasteiger partial charge in [-0.05, 0) is 31.2 Å². The van der Waals surface area contributed by atoms with Crippen LogP contribution >= 0.6 is 0 Å².